The van der Waals surface area contributed by atoms with Crippen LogP contribution in [0.3, 0.4) is 0 Å². The van der Waals surface area contributed by atoms with Crippen molar-refractivity contribution in [1.82, 2.24) is 24.4 Å². The van der Waals surface area contributed by atoms with E-state index < -0.39 is 6.10 Å². The van der Waals surface area contributed by atoms with Gasteiger partial charge in [0.25, 0.3) is 5.91 Å². The first-order valence-electron chi connectivity index (χ1n) is 11.8. The second kappa shape index (κ2) is 10.2. The summed E-state index contributed by atoms with van der Waals surface area (Å²) in [7, 11) is 1.56. The number of benzene rings is 1. The molecule has 1 atom stereocenters. The summed E-state index contributed by atoms with van der Waals surface area (Å²) in [5, 5.41) is 10.4. The van der Waals surface area contributed by atoms with Crippen molar-refractivity contribution < 1.29 is 19.0 Å². The molecule has 36 heavy (non-hydrogen) atoms. The molecule has 2 N–H and O–H groups in total. The molecule has 3 aromatic rings. The third kappa shape index (κ3) is 4.64. The normalized spacial score (nSPS) is 16.3. The van der Waals surface area contributed by atoms with Crippen molar-refractivity contribution in [1.29, 1.82) is 5.26 Å². The van der Waals surface area contributed by atoms with Crippen LogP contribution in [0.25, 0.3) is 11.2 Å². The molecule has 1 fully saturated rings. The van der Waals surface area contributed by atoms with Crippen LogP contribution in [0.15, 0.2) is 28.5 Å². The fourth-order valence-electron chi connectivity index (χ4n) is 4.52. The number of likely N-dealkylation sites (tertiary alicyclic amines) is 1. The minimum absolute atomic E-state index is 0.0411. The molecule has 0 unspecified atom stereocenters. The van der Waals surface area contributed by atoms with Crippen molar-refractivity contribution >= 4 is 34.7 Å². The van der Waals surface area contributed by atoms with Gasteiger partial charge < -0.3 is 29.4 Å². The number of ether oxygens (including phenoxy) is 3. The van der Waals surface area contributed by atoms with Gasteiger partial charge in [-0.15, -0.1) is 0 Å². The van der Waals surface area contributed by atoms with E-state index in [0.717, 1.165) is 32.4 Å². The van der Waals surface area contributed by atoms with Gasteiger partial charge in [-0.2, -0.15) is 5.26 Å². The Morgan fingerprint density at radius 3 is 2.78 bits per heavy atom. The van der Waals surface area contributed by atoms with Crippen LogP contribution in [0.5, 0.6) is 11.5 Å². The van der Waals surface area contributed by atoms with Crippen LogP contribution < -0.4 is 15.2 Å². The SMILES string of the molecule is CO[C@@H](C)C(=O)N1CCC(CCn2c(Sc3cc4c(cc3C#N)OCO4)nc3c(N)ncnc32)CC1. The monoisotopic (exact) mass is 509 g/mol. The Bertz CT molecular complexity index is 1330. The van der Waals surface area contributed by atoms with Gasteiger partial charge in [-0.1, -0.05) is 11.8 Å². The molecule has 188 valence electrons. The molecule has 0 radical (unpaired) electrons. The number of piperidine rings is 1. The van der Waals surface area contributed by atoms with E-state index in [4.69, 9.17) is 24.9 Å². The lowest BCUT2D eigenvalue weighted by molar-refractivity contribution is -0.142. The van der Waals surface area contributed by atoms with Crippen LogP contribution in [-0.2, 0) is 16.1 Å². The maximum atomic E-state index is 12.4. The lowest BCUT2D eigenvalue weighted by Gasteiger charge is -2.33. The number of carbonyl (C=O) groups is 1. The minimum atomic E-state index is -0.418. The number of carbonyl (C=O) groups excluding carboxylic acids is 1. The van der Waals surface area contributed by atoms with Crippen molar-refractivity contribution in [3.63, 3.8) is 0 Å². The Labute approximate surface area is 212 Å². The first-order valence-corrected chi connectivity index (χ1v) is 12.6. The average molecular weight is 510 g/mol. The number of nitrogen functional groups attached to an aromatic ring is 1. The predicted molar refractivity (Wildman–Crippen MR) is 132 cm³/mol. The number of nitrogens with zero attached hydrogens (tertiary/aromatic N) is 6. The molecule has 1 amide bonds. The summed E-state index contributed by atoms with van der Waals surface area (Å²) in [6, 6.07) is 5.72. The van der Waals surface area contributed by atoms with E-state index in [1.54, 1.807) is 26.2 Å². The predicted octanol–water partition coefficient (Wildman–Crippen LogP) is 2.82. The highest BCUT2D eigenvalue weighted by Gasteiger charge is 2.27. The number of nitrogens with two attached hydrogens (primary N) is 1. The van der Waals surface area contributed by atoms with Gasteiger partial charge in [0, 0.05) is 37.7 Å². The number of hydrogen-bond donors (Lipinski definition) is 1. The Morgan fingerprint density at radius 2 is 2.06 bits per heavy atom. The summed E-state index contributed by atoms with van der Waals surface area (Å²) >= 11 is 1.37. The third-order valence-corrected chi connectivity index (χ3v) is 7.76. The van der Waals surface area contributed by atoms with Crippen LogP contribution in [0.2, 0.25) is 0 Å². The number of methoxy groups -OCH3 is 1. The number of aryl methyl sites for hydroxylation is 1. The van der Waals surface area contributed by atoms with Gasteiger partial charge in [0.05, 0.1) is 5.56 Å². The quantitative estimate of drug-likeness (QED) is 0.505. The first-order chi connectivity index (χ1) is 17.5. The molecule has 0 saturated carbocycles. The van der Waals surface area contributed by atoms with Gasteiger partial charge in [0.15, 0.2) is 33.6 Å². The number of aromatic nitrogens is 4. The molecular formula is C24H27N7O4S. The van der Waals surface area contributed by atoms with Crippen LogP contribution in [-0.4, -0.2) is 63.4 Å². The molecular weight excluding hydrogens is 482 g/mol. The fourth-order valence-corrected chi connectivity index (χ4v) is 5.52. The van der Waals surface area contributed by atoms with Gasteiger partial charge in [-0.3, -0.25) is 4.79 Å². The van der Waals surface area contributed by atoms with Crippen molar-refractivity contribution in [2.75, 3.05) is 32.7 Å². The molecule has 2 aliphatic heterocycles. The van der Waals surface area contributed by atoms with E-state index >= 15 is 0 Å². The molecule has 12 heteroatoms. The molecule has 0 spiro atoms. The van der Waals surface area contributed by atoms with Crippen LogP contribution in [0.1, 0.15) is 31.7 Å². The second-order valence-electron chi connectivity index (χ2n) is 8.83. The smallest absolute Gasteiger partial charge is 0.251 e. The zero-order valence-corrected chi connectivity index (χ0v) is 21.0. The zero-order valence-electron chi connectivity index (χ0n) is 20.1. The van der Waals surface area contributed by atoms with Crippen molar-refractivity contribution in [3.05, 3.63) is 24.0 Å². The molecule has 2 aromatic heterocycles. The van der Waals surface area contributed by atoms with Crippen molar-refractivity contribution in [2.24, 2.45) is 5.92 Å². The fraction of sp³-hybridized carbons (Fsp3) is 0.458. The molecule has 11 nitrogen and oxygen atoms in total. The van der Waals surface area contributed by atoms with Gasteiger partial charge in [0.2, 0.25) is 6.79 Å². The molecule has 2 aliphatic rings. The topological polar surface area (TPSA) is 141 Å². The number of imidazole rings is 1. The molecule has 5 rings (SSSR count). The maximum Gasteiger partial charge on any atom is 0.251 e. The lowest BCUT2D eigenvalue weighted by Crippen LogP contribution is -2.43. The van der Waals surface area contributed by atoms with E-state index in [0.29, 0.717) is 56.6 Å². The van der Waals surface area contributed by atoms with E-state index in [9.17, 15) is 10.1 Å². The standard InChI is InChI=1S/C24H27N7O4S/c1-14(33-2)23(32)30-6-3-15(4-7-30)5-8-31-22-20(21(26)27-12-28-22)29-24(31)36-19-10-18-17(34-13-35-18)9-16(19)11-25/h9-10,12,14-15H,3-8,13H2,1-2H3,(H2,26,27,28)/t14-/m0/s1. The number of amides is 1. The summed E-state index contributed by atoms with van der Waals surface area (Å²) in [5.74, 6) is 1.97. The molecule has 0 bridgehead atoms. The lowest BCUT2D eigenvalue weighted by atomic mass is 9.93. The van der Waals surface area contributed by atoms with Crippen LogP contribution in [0, 0.1) is 17.2 Å². The minimum Gasteiger partial charge on any atom is -0.454 e. The van der Waals surface area contributed by atoms with Gasteiger partial charge in [0.1, 0.15) is 18.5 Å². The Morgan fingerprint density at radius 1 is 1.31 bits per heavy atom. The highest BCUT2D eigenvalue weighted by atomic mass is 32.2. The highest BCUT2D eigenvalue weighted by Crippen LogP contribution is 2.41. The summed E-state index contributed by atoms with van der Waals surface area (Å²) < 4.78 is 18.1. The number of hydrogen-bond acceptors (Lipinski definition) is 10. The largest absolute Gasteiger partial charge is 0.454 e. The van der Waals surface area contributed by atoms with Gasteiger partial charge >= 0.3 is 0 Å². The van der Waals surface area contributed by atoms with E-state index in [1.807, 2.05) is 9.47 Å². The Hall–Kier alpha value is -3.56. The van der Waals surface area contributed by atoms with E-state index in [1.165, 1.54) is 18.1 Å². The molecule has 1 aromatic carbocycles. The van der Waals surface area contributed by atoms with Crippen LogP contribution >= 0.6 is 11.8 Å². The highest BCUT2D eigenvalue weighted by molar-refractivity contribution is 7.99. The van der Waals surface area contributed by atoms with E-state index in [-0.39, 0.29) is 12.7 Å². The maximum absolute atomic E-state index is 12.4. The second-order valence-corrected chi connectivity index (χ2v) is 9.84. The summed E-state index contributed by atoms with van der Waals surface area (Å²) in [6.07, 6.45) is 3.77. The van der Waals surface area contributed by atoms with Crippen molar-refractivity contribution in [3.8, 4) is 17.6 Å². The van der Waals surface area contributed by atoms with Crippen molar-refractivity contribution in [2.45, 2.75) is 48.9 Å². The molecule has 4 heterocycles. The van der Waals surface area contributed by atoms with Gasteiger partial charge in [-0.05, 0) is 38.2 Å². The van der Waals surface area contributed by atoms with Gasteiger partial charge in [-0.25, -0.2) is 15.0 Å². The Kier molecular flexibility index (Phi) is 6.84. The Balaban J connectivity index is 1.36. The number of nitriles is 1. The van der Waals surface area contributed by atoms with Crippen LogP contribution in [0.4, 0.5) is 5.82 Å². The average Bonchev–Trinajstić information content (AvgIpc) is 3.50. The summed E-state index contributed by atoms with van der Waals surface area (Å²) in [6.45, 7) is 4.04. The first kappa shape index (κ1) is 24.1. The van der Waals surface area contributed by atoms with E-state index in [2.05, 4.69) is 16.0 Å². The third-order valence-electron chi connectivity index (χ3n) is 6.71. The number of anilines is 1. The summed E-state index contributed by atoms with van der Waals surface area (Å²) in [5.41, 5.74) is 7.78. The molecule has 1 saturated heterocycles. The number of rotatable bonds is 7. The number of fused-ring (bicyclic) bond motifs is 2. The zero-order chi connectivity index (χ0) is 25.2. The summed E-state index contributed by atoms with van der Waals surface area (Å²) in [4.78, 5) is 28.3. The molecule has 0 aliphatic carbocycles.